The number of hydrogen-bond donors (Lipinski definition) is 0. The number of likely N-dealkylation sites (tertiary alicyclic amines) is 1. The summed E-state index contributed by atoms with van der Waals surface area (Å²) in [5, 5.41) is 0. The van der Waals surface area contributed by atoms with Gasteiger partial charge in [-0.15, -0.1) is 0 Å². The summed E-state index contributed by atoms with van der Waals surface area (Å²) in [7, 11) is 2.28. The third kappa shape index (κ3) is 1.76. The van der Waals surface area contributed by atoms with Crippen LogP contribution in [-0.2, 0) is 0 Å². The Kier molecular flexibility index (Phi) is 2.94. The Morgan fingerprint density at radius 1 is 1.36 bits per heavy atom. The van der Waals surface area contributed by atoms with Gasteiger partial charge in [0.15, 0.2) is 0 Å². The van der Waals surface area contributed by atoms with Crippen LogP contribution in [-0.4, -0.2) is 24.0 Å². The van der Waals surface area contributed by atoms with Crippen molar-refractivity contribution in [3.05, 3.63) is 0 Å². The van der Waals surface area contributed by atoms with Crippen LogP contribution in [0.1, 0.15) is 40.0 Å². The molecule has 2 unspecified atom stereocenters. The van der Waals surface area contributed by atoms with Gasteiger partial charge in [-0.3, -0.25) is 0 Å². The van der Waals surface area contributed by atoms with Gasteiger partial charge in [-0.25, -0.2) is 0 Å². The second-order valence-electron chi connectivity index (χ2n) is 4.12. The molecule has 1 nitrogen and oxygen atoms in total. The second-order valence-corrected chi connectivity index (χ2v) is 4.12. The molecule has 1 saturated heterocycles. The van der Waals surface area contributed by atoms with Gasteiger partial charge in [0.2, 0.25) is 0 Å². The van der Waals surface area contributed by atoms with E-state index in [0.29, 0.717) is 0 Å². The van der Waals surface area contributed by atoms with E-state index in [1.165, 1.54) is 19.3 Å². The Bertz CT molecular complexity index is 120. The highest BCUT2D eigenvalue weighted by molar-refractivity contribution is 4.85. The van der Waals surface area contributed by atoms with Crippen LogP contribution < -0.4 is 0 Å². The molecular weight excluding hydrogens is 134 g/mol. The second kappa shape index (κ2) is 3.57. The normalized spacial score (nSPS) is 33.5. The Hall–Kier alpha value is -0.0400. The van der Waals surface area contributed by atoms with Crippen LogP contribution in [0.15, 0.2) is 0 Å². The van der Waals surface area contributed by atoms with Crippen molar-refractivity contribution in [2.24, 2.45) is 5.92 Å². The molecule has 1 aliphatic rings. The van der Waals surface area contributed by atoms with Crippen molar-refractivity contribution in [1.29, 1.82) is 0 Å². The van der Waals surface area contributed by atoms with E-state index in [2.05, 4.69) is 32.7 Å². The van der Waals surface area contributed by atoms with Gasteiger partial charge in [0.1, 0.15) is 0 Å². The molecule has 0 saturated carbocycles. The van der Waals surface area contributed by atoms with Crippen LogP contribution in [0.4, 0.5) is 0 Å². The lowest BCUT2D eigenvalue weighted by Crippen LogP contribution is -2.34. The topological polar surface area (TPSA) is 3.24 Å². The predicted molar refractivity (Wildman–Crippen MR) is 49.7 cm³/mol. The molecule has 1 heterocycles. The Balaban J connectivity index is 2.48. The third-order valence-electron chi connectivity index (χ3n) is 3.14. The first-order valence-corrected chi connectivity index (χ1v) is 4.88. The summed E-state index contributed by atoms with van der Waals surface area (Å²) in [6, 6.07) is 1.71. The van der Waals surface area contributed by atoms with Gasteiger partial charge in [-0.1, -0.05) is 20.8 Å². The molecule has 0 aromatic carbocycles. The van der Waals surface area contributed by atoms with E-state index in [-0.39, 0.29) is 0 Å². The minimum atomic E-state index is 0.830. The average molecular weight is 155 g/mol. The van der Waals surface area contributed by atoms with E-state index in [1.807, 2.05) is 0 Å². The summed E-state index contributed by atoms with van der Waals surface area (Å²) in [6.45, 7) is 6.96. The van der Waals surface area contributed by atoms with Crippen LogP contribution in [0.2, 0.25) is 0 Å². The van der Waals surface area contributed by atoms with E-state index in [1.54, 1.807) is 0 Å². The van der Waals surface area contributed by atoms with Crippen LogP contribution in [0, 0.1) is 5.92 Å². The van der Waals surface area contributed by atoms with Crippen molar-refractivity contribution in [2.45, 2.75) is 52.1 Å². The zero-order valence-electron chi connectivity index (χ0n) is 8.30. The number of nitrogens with zero attached hydrogens (tertiary/aromatic N) is 1. The van der Waals surface area contributed by atoms with E-state index >= 15 is 0 Å². The molecule has 0 bridgehead atoms. The van der Waals surface area contributed by atoms with Gasteiger partial charge >= 0.3 is 0 Å². The lowest BCUT2D eigenvalue weighted by Gasteiger charge is -2.27. The summed E-state index contributed by atoms with van der Waals surface area (Å²) in [4.78, 5) is 2.57. The van der Waals surface area contributed by atoms with Crippen LogP contribution >= 0.6 is 0 Å². The molecule has 0 radical (unpaired) electrons. The minimum absolute atomic E-state index is 0.830. The molecule has 1 rings (SSSR count). The number of rotatable bonds is 2. The quantitative estimate of drug-likeness (QED) is 0.592. The van der Waals surface area contributed by atoms with Crippen molar-refractivity contribution in [2.75, 3.05) is 7.05 Å². The highest BCUT2D eigenvalue weighted by atomic mass is 15.2. The monoisotopic (exact) mass is 155 g/mol. The zero-order chi connectivity index (χ0) is 8.43. The fourth-order valence-corrected chi connectivity index (χ4v) is 2.34. The predicted octanol–water partition coefficient (Wildman–Crippen LogP) is 2.52. The van der Waals surface area contributed by atoms with E-state index in [0.717, 1.165) is 18.0 Å². The van der Waals surface area contributed by atoms with Gasteiger partial charge in [0.05, 0.1) is 0 Å². The van der Waals surface area contributed by atoms with Gasteiger partial charge in [0, 0.05) is 12.1 Å². The Morgan fingerprint density at radius 2 is 2.00 bits per heavy atom. The Labute approximate surface area is 70.8 Å². The molecule has 0 aliphatic carbocycles. The smallest absolute Gasteiger partial charge is 0.0119 e. The van der Waals surface area contributed by atoms with E-state index < -0.39 is 0 Å². The maximum Gasteiger partial charge on any atom is 0.0119 e. The first-order valence-electron chi connectivity index (χ1n) is 4.88. The summed E-state index contributed by atoms with van der Waals surface area (Å²) < 4.78 is 0. The van der Waals surface area contributed by atoms with Gasteiger partial charge in [-0.2, -0.15) is 0 Å². The first-order chi connectivity index (χ1) is 5.16. The van der Waals surface area contributed by atoms with Crippen LogP contribution in [0.3, 0.4) is 0 Å². The Morgan fingerprint density at radius 3 is 2.27 bits per heavy atom. The van der Waals surface area contributed by atoms with Gasteiger partial charge in [-0.05, 0) is 32.2 Å². The zero-order valence-corrected chi connectivity index (χ0v) is 8.30. The summed E-state index contributed by atoms with van der Waals surface area (Å²) >= 11 is 0. The molecule has 0 amide bonds. The highest BCUT2D eigenvalue weighted by Crippen LogP contribution is 2.28. The molecular formula is C10H21N. The lowest BCUT2D eigenvalue weighted by atomic mass is 10.0. The van der Waals surface area contributed by atoms with Gasteiger partial charge < -0.3 is 4.90 Å². The summed E-state index contributed by atoms with van der Waals surface area (Å²) in [6.07, 6.45) is 4.14. The fraction of sp³-hybridized carbons (Fsp3) is 1.00. The largest absolute Gasteiger partial charge is 0.300 e. The first kappa shape index (κ1) is 9.05. The van der Waals surface area contributed by atoms with Crippen molar-refractivity contribution >= 4 is 0 Å². The van der Waals surface area contributed by atoms with Crippen molar-refractivity contribution in [3.8, 4) is 0 Å². The lowest BCUT2D eigenvalue weighted by molar-refractivity contribution is 0.195. The summed E-state index contributed by atoms with van der Waals surface area (Å²) in [5.74, 6) is 0.830. The van der Waals surface area contributed by atoms with Crippen molar-refractivity contribution in [3.63, 3.8) is 0 Å². The molecule has 2 atom stereocenters. The molecule has 0 aromatic rings. The van der Waals surface area contributed by atoms with Crippen molar-refractivity contribution in [1.82, 2.24) is 4.90 Å². The molecule has 0 N–H and O–H groups in total. The van der Waals surface area contributed by atoms with E-state index in [9.17, 15) is 0 Å². The molecule has 1 fully saturated rings. The molecule has 0 spiro atoms. The molecule has 11 heavy (non-hydrogen) atoms. The van der Waals surface area contributed by atoms with Crippen molar-refractivity contribution < 1.29 is 0 Å². The van der Waals surface area contributed by atoms with Gasteiger partial charge in [0.25, 0.3) is 0 Å². The third-order valence-corrected chi connectivity index (χ3v) is 3.14. The minimum Gasteiger partial charge on any atom is -0.300 e. The van der Waals surface area contributed by atoms with Crippen LogP contribution in [0.5, 0.6) is 0 Å². The number of hydrogen-bond acceptors (Lipinski definition) is 1. The molecule has 1 aliphatic heterocycles. The standard InChI is InChI=1S/C10H21N/c1-5-9-6-7-10(8(2)3)11(9)4/h8-10H,5-7H2,1-4H3. The maximum absolute atomic E-state index is 2.57. The summed E-state index contributed by atoms with van der Waals surface area (Å²) in [5.41, 5.74) is 0. The molecule has 1 heteroatoms. The van der Waals surface area contributed by atoms with E-state index in [4.69, 9.17) is 0 Å². The average Bonchev–Trinajstić information content (AvgIpc) is 2.30. The van der Waals surface area contributed by atoms with Crippen LogP contribution in [0.25, 0.3) is 0 Å². The molecule has 66 valence electrons. The molecule has 0 aromatic heterocycles. The maximum atomic E-state index is 2.57. The SMILES string of the molecule is CCC1CCC(C(C)C)N1C. The fourth-order valence-electron chi connectivity index (χ4n) is 2.34. The highest BCUT2D eigenvalue weighted by Gasteiger charge is 2.30.